The van der Waals surface area contributed by atoms with E-state index in [0.29, 0.717) is 0 Å². The van der Waals surface area contributed by atoms with E-state index in [2.05, 4.69) is 15.9 Å². The molecule has 0 amide bonds. The third kappa shape index (κ3) is 2.16. The van der Waals surface area contributed by atoms with Gasteiger partial charge >= 0.3 is 0 Å². The number of methoxy groups -OCH3 is 1. The molecule has 1 aromatic carbocycles. The first-order chi connectivity index (χ1) is 7.15. The fourth-order valence-corrected chi connectivity index (χ4v) is 1.46. The van der Waals surface area contributed by atoms with E-state index in [1.165, 1.54) is 13.2 Å². The van der Waals surface area contributed by atoms with Crippen LogP contribution in [0.25, 0.3) is 0 Å². The van der Waals surface area contributed by atoms with E-state index >= 15 is 0 Å². The summed E-state index contributed by atoms with van der Waals surface area (Å²) in [7, 11) is 1.36. The number of benzene rings is 1. The monoisotopic (exact) mass is 271 g/mol. The molecule has 0 aliphatic carbocycles. The standard InChI is InChI=1S/C10H7BrFNO2/c1-15-9-3-2-7(12)6(5-13)10(9)8(14)4-11/h2-3H,4H2,1H3. The molecule has 5 heteroatoms. The quantitative estimate of drug-likeness (QED) is 0.626. The molecule has 0 atom stereocenters. The molecule has 3 nitrogen and oxygen atoms in total. The Morgan fingerprint density at radius 3 is 2.80 bits per heavy atom. The summed E-state index contributed by atoms with van der Waals surface area (Å²) < 4.78 is 18.1. The van der Waals surface area contributed by atoms with Gasteiger partial charge in [-0.05, 0) is 12.1 Å². The van der Waals surface area contributed by atoms with E-state index in [1.807, 2.05) is 0 Å². The van der Waals surface area contributed by atoms with Crippen molar-refractivity contribution < 1.29 is 13.9 Å². The summed E-state index contributed by atoms with van der Waals surface area (Å²) in [6.45, 7) is 0. The Balaban J connectivity index is 3.49. The Labute approximate surface area is 94.6 Å². The van der Waals surface area contributed by atoms with E-state index < -0.39 is 5.82 Å². The summed E-state index contributed by atoms with van der Waals surface area (Å²) in [5.41, 5.74) is -0.296. The van der Waals surface area contributed by atoms with Crippen LogP contribution in [-0.4, -0.2) is 18.2 Å². The lowest BCUT2D eigenvalue weighted by Crippen LogP contribution is -2.07. The van der Waals surface area contributed by atoms with Crippen LogP contribution in [0.2, 0.25) is 0 Å². The number of hydrogen-bond acceptors (Lipinski definition) is 3. The molecule has 0 aliphatic heterocycles. The van der Waals surface area contributed by atoms with Gasteiger partial charge in [0.05, 0.1) is 18.0 Å². The molecule has 0 radical (unpaired) electrons. The molecule has 0 saturated heterocycles. The lowest BCUT2D eigenvalue weighted by molar-refractivity contribution is 0.102. The number of ether oxygens (including phenoxy) is 1. The summed E-state index contributed by atoms with van der Waals surface area (Å²) in [6.07, 6.45) is 0. The zero-order valence-electron chi connectivity index (χ0n) is 7.88. The van der Waals surface area contributed by atoms with Crippen LogP contribution in [0.1, 0.15) is 15.9 Å². The van der Waals surface area contributed by atoms with E-state index in [0.717, 1.165) is 6.07 Å². The molecule has 0 spiro atoms. The van der Waals surface area contributed by atoms with Crippen LogP contribution in [0.5, 0.6) is 5.75 Å². The minimum atomic E-state index is -0.720. The highest BCUT2D eigenvalue weighted by Gasteiger charge is 2.19. The van der Waals surface area contributed by atoms with Gasteiger partial charge in [0, 0.05) is 0 Å². The van der Waals surface area contributed by atoms with Crippen LogP contribution < -0.4 is 4.74 Å². The Kier molecular flexibility index (Phi) is 3.81. The second-order valence-corrected chi connectivity index (χ2v) is 3.23. The molecular weight excluding hydrogens is 265 g/mol. The second kappa shape index (κ2) is 4.89. The van der Waals surface area contributed by atoms with Crippen molar-refractivity contribution in [2.45, 2.75) is 0 Å². The number of hydrogen-bond donors (Lipinski definition) is 0. The van der Waals surface area contributed by atoms with E-state index in [1.54, 1.807) is 6.07 Å². The summed E-state index contributed by atoms with van der Waals surface area (Å²) >= 11 is 2.97. The zero-order chi connectivity index (χ0) is 11.4. The van der Waals surface area contributed by atoms with Gasteiger partial charge in [0.2, 0.25) is 0 Å². The molecule has 78 valence electrons. The third-order valence-electron chi connectivity index (χ3n) is 1.85. The van der Waals surface area contributed by atoms with Gasteiger partial charge in [-0.15, -0.1) is 0 Å². The Bertz CT molecular complexity index is 440. The van der Waals surface area contributed by atoms with Crippen LogP contribution in [0.4, 0.5) is 4.39 Å². The zero-order valence-corrected chi connectivity index (χ0v) is 9.47. The lowest BCUT2D eigenvalue weighted by Gasteiger charge is -2.08. The maximum atomic E-state index is 13.2. The van der Waals surface area contributed by atoms with Gasteiger partial charge in [0.25, 0.3) is 0 Å². The van der Waals surface area contributed by atoms with Crippen molar-refractivity contribution in [1.82, 2.24) is 0 Å². The predicted octanol–water partition coefficient (Wildman–Crippen LogP) is 2.28. The molecule has 0 heterocycles. The van der Waals surface area contributed by atoms with Gasteiger partial charge in [0.1, 0.15) is 23.2 Å². The number of nitrogens with zero attached hydrogens (tertiary/aromatic N) is 1. The van der Waals surface area contributed by atoms with Crippen LogP contribution in [-0.2, 0) is 0 Å². The second-order valence-electron chi connectivity index (χ2n) is 2.67. The molecule has 0 aliphatic rings. The smallest absolute Gasteiger partial charge is 0.178 e. The largest absolute Gasteiger partial charge is 0.496 e. The predicted molar refractivity (Wildman–Crippen MR) is 55.8 cm³/mol. The molecule has 0 fully saturated rings. The average Bonchev–Trinajstić information content (AvgIpc) is 2.27. The van der Waals surface area contributed by atoms with Crippen molar-refractivity contribution in [3.05, 3.63) is 29.1 Å². The first kappa shape index (κ1) is 11.7. The molecule has 0 unspecified atom stereocenters. The Hall–Kier alpha value is -1.41. The van der Waals surface area contributed by atoms with Crippen LogP contribution >= 0.6 is 15.9 Å². The van der Waals surface area contributed by atoms with Crippen molar-refractivity contribution in [1.29, 1.82) is 5.26 Å². The fourth-order valence-electron chi connectivity index (χ4n) is 1.18. The van der Waals surface area contributed by atoms with Crippen molar-refractivity contribution >= 4 is 21.7 Å². The maximum Gasteiger partial charge on any atom is 0.178 e. The molecule has 1 rings (SSSR count). The van der Waals surface area contributed by atoms with E-state index in [-0.39, 0.29) is 28.0 Å². The molecule has 1 aromatic rings. The summed E-state index contributed by atoms with van der Waals surface area (Å²) in [4.78, 5) is 11.5. The highest BCUT2D eigenvalue weighted by atomic mass is 79.9. The molecule has 15 heavy (non-hydrogen) atoms. The number of Topliss-reactive ketones (excluding diaryl/α,β-unsaturated/α-hetero) is 1. The van der Waals surface area contributed by atoms with Gasteiger partial charge in [-0.3, -0.25) is 4.79 Å². The van der Waals surface area contributed by atoms with Gasteiger partial charge in [-0.1, -0.05) is 15.9 Å². The number of alkyl halides is 1. The topological polar surface area (TPSA) is 50.1 Å². The molecule has 0 saturated carbocycles. The van der Waals surface area contributed by atoms with Gasteiger partial charge in [0.15, 0.2) is 5.78 Å². The van der Waals surface area contributed by atoms with Crippen molar-refractivity contribution in [3.63, 3.8) is 0 Å². The number of nitriles is 1. The minimum absolute atomic E-state index is 0.0154. The summed E-state index contributed by atoms with van der Waals surface area (Å²) in [6, 6.07) is 4.08. The van der Waals surface area contributed by atoms with Gasteiger partial charge in [-0.25, -0.2) is 4.39 Å². The van der Waals surface area contributed by atoms with Crippen molar-refractivity contribution in [2.75, 3.05) is 12.4 Å². The van der Waals surface area contributed by atoms with Gasteiger partial charge < -0.3 is 4.74 Å². The normalized spacial score (nSPS) is 9.47. The SMILES string of the molecule is COc1ccc(F)c(C#N)c1C(=O)CBr. The van der Waals surface area contributed by atoms with Crippen LogP contribution in [0, 0.1) is 17.1 Å². The number of carbonyl (C=O) groups excluding carboxylic acids is 1. The summed E-state index contributed by atoms with van der Waals surface area (Å²) in [5.74, 6) is -0.900. The molecule has 0 aromatic heterocycles. The maximum absolute atomic E-state index is 13.2. The fraction of sp³-hybridized carbons (Fsp3) is 0.200. The molecule has 0 N–H and O–H groups in total. The highest BCUT2D eigenvalue weighted by Crippen LogP contribution is 2.25. The Morgan fingerprint density at radius 2 is 2.33 bits per heavy atom. The molecule has 0 bridgehead atoms. The van der Waals surface area contributed by atoms with Gasteiger partial charge in [-0.2, -0.15) is 5.26 Å². The van der Waals surface area contributed by atoms with Crippen molar-refractivity contribution in [2.24, 2.45) is 0 Å². The summed E-state index contributed by atoms with van der Waals surface area (Å²) in [5, 5.41) is 8.77. The highest BCUT2D eigenvalue weighted by molar-refractivity contribution is 9.09. The molecular formula is C10H7BrFNO2. The Morgan fingerprint density at radius 1 is 1.67 bits per heavy atom. The first-order valence-corrected chi connectivity index (χ1v) is 5.13. The van der Waals surface area contributed by atoms with Crippen LogP contribution in [0.15, 0.2) is 12.1 Å². The minimum Gasteiger partial charge on any atom is -0.496 e. The average molecular weight is 272 g/mol. The number of ketones is 1. The first-order valence-electron chi connectivity index (χ1n) is 4.01. The lowest BCUT2D eigenvalue weighted by atomic mass is 10.0. The van der Waals surface area contributed by atoms with Crippen LogP contribution in [0.3, 0.4) is 0 Å². The number of carbonyl (C=O) groups is 1. The third-order valence-corrected chi connectivity index (χ3v) is 2.36. The number of rotatable bonds is 3. The van der Waals surface area contributed by atoms with E-state index in [9.17, 15) is 9.18 Å². The number of halogens is 2. The van der Waals surface area contributed by atoms with Crippen molar-refractivity contribution in [3.8, 4) is 11.8 Å². The van der Waals surface area contributed by atoms with E-state index in [4.69, 9.17) is 10.00 Å².